The van der Waals surface area contributed by atoms with Gasteiger partial charge in [0.2, 0.25) is 0 Å². The predicted molar refractivity (Wildman–Crippen MR) is 90.1 cm³/mol. The van der Waals surface area contributed by atoms with Gasteiger partial charge >= 0.3 is 0 Å². The third kappa shape index (κ3) is 3.09. The number of hydrogen-bond acceptors (Lipinski definition) is 3. The van der Waals surface area contributed by atoms with Crippen molar-refractivity contribution in [1.82, 2.24) is 4.90 Å². The number of ether oxygens (including phenoxy) is 1. The normalized spacial score (nSPS) is 17.2. The molecule has 0 aliphatic carbocycles. The van der Waals surface area contributed by atoms with Crippen LogP contribution in [-0.2, 0) is 11.2 Å². The second-order valence-electron chi connectivity index (χ2n) is 5.18. The molecule has 1 amide bonds. The minimum absolute atomic E-state index is 0.0227. The van der Waals surface area contributed by atoms with Gasteiger partial charge in [-0.05, 0) is 48.6 Å². The fourth-order valence-corrected chi connectivity index (χ4v) is 4.09. The Bertz CT molecular complexity index is 701. The lowest BCUT2D eigenvalue weighted by Crippen LogP contribution is -2.40. The first-order valence-corrected chi connectivity index (χ1v) is 8.63. The Kier molecular flexibility index (Phi) is 4.62. The van der Waals surface area contributed by atoms with Crippen molar-refractivity contribution in [3.05, 3.63) is 50.1 Å². The van der Waals surface area contributed by atoms with E-state index in [2.05, 4.69) is 18.4 Å². The standard InChI is InChI=1S/C16H15Cl2NO2S/c1-10-12-5-7-22-15(12)4-6-19(10)16(20)9-21-14-3-2-11(17)8-13(14)18/h2-3,5,7-8,10H,4,6,9H2,1H3. The second kappa shape index (κ2) is 6.49. The Hall–Kier alpha value is -1.23. The minimum Gasteiger partial charge on any atom is -0.482 e. The van der Waals surface area contributed by atoms with Gasteiger partial charge in [0.25, 0.3) is 5.91 Å². The molecule has 0 saturated heterocycles. The van der Waals surface area contributed by atoms with E-state index in [-0.39, 0.29) is 18.6 Å². The highest BCUT2D eigenvalue weighted by Gasteiger charge is 2.28. The molecular weight excluding hydrogens is 341 g/mol. The number of benzene rings is 1. The zero-order chi connectivity index (χ0) is 15.7. The zero-order valence-corrected chi connectivity index (χ0v) is 14.3. The number of hydrogen-bond donors (Lipinski definition) is 0. The van der Waals surface area contributed by atoms with Crippen LogP contribution in [0, 0.1) is 0 Å². The average Bonchev–Trinajstić information content (AvgIpc) is 2.96. The Morgan fingerprint density at radius 1 is 1.41 bits per heavy atom. The first kappa shape index (κ1) is 15.7. The van der Waals surface area contributed by atoms with E-state index in [0.29, 0.717) is 15.8 Å². The summed E-state index contributed by atoms with van der Waals surface area (Å²) in [5, 5.41) is 3.03. The topological polar surface area (TPSA) is 29.5 Å². The number of fused-ring (bicyclic) bond motifs is 1. The van der Waals surface area contributed by atoms with E-state index >= 15 is 0 Å². The molecule has 116 valence electrons. The van der Waals surface area contributed by atoms with Crippen LogP contribution in [0.1, 0.15) is 23.4 Å². The minimum atomic E-state index is -0.0321. The predicted octanol–water partition coefficient (Wildman–Crippen LogP) is 4.58. The lowest BCUT2D eigenvalue weighted by molar-refractivity contribution is -0.135. The number of halogens is 2. The largest absolute Gasteiger partial charge is 0.482 e. The molecule has 1 aliphatic rings. The maximum Gasteiger partial charge on any atom is 0.261 e. The molecule has 3 rings (SSSR count). The van der Waals surface area contributed by atoms with Gasteiger partial charge in [-0.25, -0.2) is 0 Å². The first-order valence-electron chi connectivity index (χ1n) is 7.00. The van der Waals surface area contributed by atoms with Crippen molar-refractivity contribution in [2.75, 3.05) is 13.2 Å². The van der Waals surface area contributed by atoms with Crippen molar-refractivity contribution >= 4 is 40.4 Å². The van der Waals surface area contributed by atoms with E-state index < -0.39 is 0 Å². The Balaban J connectivity index is 1.65. The van der Waals surface area contributed by atoms with Crippen molar-refractivity contribution < 1.29 is 9.53 Å². The van der Waals surface area contributed by atoms with Crippen LogP contribution in [0.5, 0.6) is 5.75 Å². The fourth-order valence-electron chi connectivity index (χ4n) is 2.66. The zero-order valence-electron chi connectivity index (χ0n) is 12.0. The number of carbonyl (C=O) groups is 1. The highest BCUT2D eigenvalue weighted by molar-refractivity contribution is 7.10. The average molecular weight is 356 g/mol. The van der Waals surface area contributed by atoms with Crippen LogP contribution in [0.25, 0.3) is 0 Å². The second-order valence-corrected chi connectivity index (χ2v) is 7.02. The SMILES string of the molecule is CC1c2ccsc2CCN1C(=O)COc1ccc(Cl)cc1Cl. The summed E-state index contributed by atoms with van der Waals surface area (Å²) < 4.78 is 5.55. The lowest BCUT2D eigenvalue weighted by atomic mass is 10.0. The molecule has 6 heteroatoms. The van der Waals surface area contributed by atoms with Crippen LogP contribution in [-0.4, -0.2) is 24.0 Å². The maximum atomic E-state index is 12.4. The Labute approximate surface area is 143 Å². The van der Waals surface area contributed by atoms with E-state index in [1.54, 1.807) is 29.5 Å². The quantitative estimate of drug-likeness (QED) is 0.806. The van der Waals surface area contributed by atoms with Crippen molar-refractivity contribution in [2.45, 2.75) is 19.4 Å². The molecule has 0 N–H and O–H groups in total. The molecule has 0 spiro atoms. The van der Waals surface area contributed by atoms with Crippen molar-refractivity contribution in [2.24, 2.45) is 0 Å². The smallest absolute Gasteiger partial charge is 0.261 e. The Morgan fingerprint density at radius 2 is 2.23 bits per heavy atom. The summed E-state index contributed by atoms with van der Waals surface area (Å²) in [4.78, 5) is 15.7. The highest BCUT2D eigenvalue weighted by atomic mass is 35.5. The summed E-state index contributed by atoms with van der Waals surface area (Å²) in [5.41, 5.74) is 1.24. The molecule has 0 radical (unpaired) electrons. The van der Waals surface area contributed by atoms with Gasteiger partial charge in [-0.15, -0.1) is 11.3 Å². The lowest BCUT2D eigenvalue weighted by Gasteiger charge is -2.33. The first-order chi connectivity index (χ1) is 10.6. The van der Waals surface area contributed by atoms with Gasteiger partial charge < -0.3 is 9.64 Å². The van der Waals surface area contributed by atoms with E-state index in [9.17, 15) is 4.79 Å². The van der Waals surface area contributed by atoms with Crippen molar-refractivity contribution in [3.8, 4) is 5.75 Å². The van der Waals surface area contributed by atoms with E-state index in [4.69, 9.17) is 27.9 Å². The van der Waals surface area contributed by atoms with Gasteiger partial charge in [0.15, 0.2) is 6.61 Å². The van der Waals surface area contributed by atoms with Crippen LogP contribution >= 0.6 is 34.5 Å². The molecule has 0 saturated carbocycles. The van der Waals surface area contributed by atoms with E-state index in [1.165, 1.54) is 10.4 Å². The molecule has 0 fully saturated rings. The number of amides is 1. The van der Waals surface area contributed by atoms with E-state index in [1.807, 2.05) is 4.90 Å². The molecule has 1 aromatic heterocycles. The van der Waals surface area contributed by atoms with Crippen LogP contribution in [0.2, 0.25) is 10.0 Å². The molecule has 22 heavy (non-hydrogen) atoms. The van der Waals surface area contributed by atoms with E-state index in [0.717, 1.165) is 13.0 Å². The third-order valence-electron chi connectivity index (χ3n) is 3.84. The maximum absolute atomic E-state index is 12.4. The molecule has 0 bridgehead atoms. The molecule has 3 nitrogen and oxygen atoms in total. The van der Waals surface area contributed by atoms with Crippen LogP contribution in [0.3, 0.4) is 0 Å². The Morgan fingerprint density at radius 3 is 3.00 bits per heavy atom. The van der Waals surface area contributed by atoms with Crippen molar-refractivity contribution in [1.29, 1.82) is 0 Å². The van der Waals surface area contributed by atoms with Gasteiger partial charge in [0.1, 0.15) is 5.75 Å². The van der Waals surface area contributed by atoms with Gasteiger partial charge in [-0.3, -0.25) is 4.79 Å². The fraction of sp³-hybridized carbons (Fsp3) is 0.312. The molecule has 1 unspecified atom stereocenters. The molecule has 1 aliphatic heterocycles. The number of nitrogens with zero attached hydrogens (tertiary/aromatic N) is 1. The summed E-state index contributed by atoms with van der Waals surface area (Å²) in [7, 11) is 0. The summed E-state index contributed by atoms with van der Waals surface area (Å²) in [6.45, 7) is 2.76. The van der Waals surface area contributed by atoms with Gasteiger partial charge in [-0.1, -0.05) is 23.2 Å². The van der Waals surface area contributed by atoms with Crippen molar-refractivity contribution in [3.63, 3.8) is 0 Å². The highest BCUT2D eigenvalue weighted by Crippen LogP contribution is 2.33. The third-order valence-corrected chi connectivity index (χ3v) is 5.37. The number of carbonyl (C=O) groups excluding carboxylic acids is 1. The molecule has 1 atom stereocenters. The summed E-state index contributed by atoms with van der Waals surface area (Å²) in [6.07, 6.45) is 0.908. The summed E-state index contributed by atoms with van der Waals surface area (Å²) in [5.74, 6) is 0.440. The molecule has 2 heterocycles. The van der Waals surface area contributed by atoms with Gasteiger partial charge in [0, 0.05) is 16.4 Å². The number of rotatable bonds is 3. The summed E-state index contributed by atoms with van der Waals surface area (Å²) in [6, 6.07) is 7.15. The van der Waals surface area contributed by atoms with Gasteiger partial charge in [-0.2, -0.15) is 0 Å². The van der Waals surface area contributed by atoms with Crippen LogP contribution < -0.4 is 4.74 Å². The van der Waals surface area contributed by atoms with Crippen LogP contribution in [0.15, 0.2) is 29.6 Å². The summed E-state index contributed by atoms with van der Waals surface area (Å²) >= 11 is 13.6. The van der Waals surface area contributed by atoms with Gasteiger partial charge in [0.05, 0.1) is 11.1 Å². The monoisotopic (exact) mass is 355 g/mol. The number of thiophene rings is 1. The molecule has 1 aromatic carbocycles. The molecular formula is C16H15Cl2NO2S. The molecule has 2 aromatic rings. The van der Waals surface area contributed by atoms with Crippen LogP contribution in [0.4, 0.5) is 0 Å².